The van der Waals surface area contributed by atoms with Crippen molar-refractivity contribution in [1.82, 2.24) is 14.5 Å². The monoisotopic (exact) mass is 427 g/mol. The van der Waals surface area contributed by atoms with Crippen molar-refractivity contribution in [3.8, 4) is 5.69 Å². The summed E-state index contributed by atoms with van der Waals surface area (Å²) in [5.74, 6) is -0.262. The summed E-state index contributed by atoms with van der Waals surface area (Å²) in [5.41, 5.74) is 5.96. The van der Waals surface area contributed by atoms with Gasteiger partial charge in [-0.05, 0) is 73.6 Å². The van der Waals surface area contributed by atoms with Crippen LogP contribution in [-0.2, 0) is 12.8 Å². The van der Waals surface area contributed by atoms with Crippen LogP contribution in [0.2, 0.25) is 0 Å². The Hall–Kier alpha value is -3.47. The second-order valence-electron chi connectivity index (χ2n) is 8.89. The lowest BCUT2D eigenvalue weighted by Gasteiger charge is -2.23. The van der Waals surface area contributed by atoms with Gasteiger partial charge in [0.25, 0.3) is 5.91 Å². The number of halogens is 1. The number of benzene rings is 2. The van der Waals surface area contributed by atoms with Gasteiger partial charge < -0.3 is 9.47 Å². The van der Waals surface area contributed by atoms with E-state index in [0.29, 0.717) is 17.2 Å². The van der Waals surface area contributed by atoms with Gasteiger partial charge in [0.1, 0.15) is 5.82 Å². The van der Waals surface area contributed by atoms with Crippen LogP contribution in [0.15, 0.2) is 67.1 Å². The molecule has 0 unspecified atom stereocenters. The highest BCUT2D eigenvalue weighted by molar-refractivity contribution is 5.99. The summed E-state index contributed by atoms with van der Waals surface area (Å²) in [6, 6.07) is 15.1. The molecule has 0 saturated heterocycles. The minimum absolute atomic E-state index is 0.00856. The molecule has 0 radical (unpaired) electrons. The fourth-order valence-corrected chi connectivity index (χ4v) is 4.72. The van der Waals surface area contributed by atoms with E-state index in [9.17, 15) is 9.18 Å². The summed E-state index contributed by atoms with van der Waals surface area (Å²) in [7, 11) is 1.75. The van der Waals surface area contributed by atoms with Gasteiger partial charge in [0, 0.05) is 30.9 Å². The van der Waals surface area contributed by atoms with Crippen molar-refractivity contribution in [2.75, 3.05) is 7.05 Å². The zero-order valence-electron chi connectivity index (χ0n) is 18.5. The highest BCUT2D eigenvalue weighted by atomic mass is 19.1. The number of carbonyl (C=O) groups is 1. The molecule has 4 nitrogen and oxygen atoms in total. The van der Waals surface area contributed by atoms with Gasteiger partial charge in [-0.25, -0.2) is 4.39 Å². The number of pyridine rings is 1. The minimum Gasteiger partial charge on any atom is -0.339 e. The zero-order valence-corrected chi connectivity index (χ0v) is 18.5. The first-order valence-electron chi connectivity index (χ1n) is 11.0. The van der Waals surface area contributed by atoms with E-state index in [1.54, 1.807) is 18.0 Å². The Morgan fingerprint density at radius 2 is 1.84 bits per heavy atom. The molecule has 0 atom stereocenters. The van der Waals surface area contributed by atoms with Gasteiger partial charge in [0.2, 0.25) is 0 Å². The molecule has 1 amide bonds. The third-order valence-corrected chi connectivity index (χ3v) is 6.67. The first kappa shape index (κ1) is 20.4. The Balaban J connectivity index is 1.65. The molecule has 5 heteroatoms. The van der Waals surface area contributed by atoms with Crippen LogP contribution < -0.4 is 0 Å². The van der Waals surface area contributed by atoms with Crippen LogP contribution in [0.5, 0.6) is 0 Å². The van der Waals surface area contributed by atoms with Gasteiger partial charge in [0.15, 0.2) is 0 Å². The molecular formula is C27H26FN3O. The Bertz CT molecular complexity index is 1300. The highest BCUT2D eigenvalue weighted by Gasteiger charge is 2.27. The van der Waals surface area contributed by atoms with E-state index in [-0.39, 0.29) is 11.9 Å². The molecule has 4 aromatic rings. The largest absolute Gasteiger partial charge is 0.339 e. The van der Waals surface area contributed by atoms with Crippen LogP contribution in [0.4, 0.5) is 4.39 Å². The number of nitrogens with zero attached hydrogens (tertiary/aromatic N) is 3. The Morgan fingerprint density at radius 3 is 2.53 bits per heavy atom. The van der Waals surface area contributed by atoms with Crippen molar-refractivity contribution in [1.29, 1.82) is 0 Å². The molecule has 2 aromatic heterocycles. The number of fused-ring (bicyclic) bond motifs is 2. The molecule has 2 aromatic carbocycles. The van der Waals surface area contributed by atoms with Gasteiger partial charge in [-0.1, -0.05) is 24.3 Å². The molecule has 1 aliphatic rings. The lowest BCUT2D eigenvalue weighted by Crippen LogP contribution is -2.33. The quantitative estimate of drug-likeness (QED) is 0.430. The molecule has 0 aliphatic heterocycles. The van der Waals surface area contributed by atoms with Crippen molar-refractivity contribution >= 4 is 16.8 Å². The summed E-state index contributed by atoms with van der Waals surface area (Å²) in [5, 5.41) is 1.12. The maximum Gasteiger partial charge on any atom is 0.256 e. The second-order valence-corrected chi connectivity index (χ2v) is 8.89. The van der Waals surface area contributed by atoms with Gasteiger partial charge in [-0.15, -0.1) is 0 Å². The average Bonchev–Trinajstić information content (AvgIpc) is 3.39. The second kappa shape index (κ2) is 7.90. The fourth-order valence-electron chi connectivity index (χ4n) is 4.72. The van der Waals surface area contributed by atoms with Gasteiger partial charge >= 0.3 is 0 Å². The molecule has 32 heavy (non-hydrogen) atoms. The van der Waals surface area contributed by atoms with Crippen LogP contribution in [-0.4, -0.2) is 33.4 Å². The summed E-state index contributed by atoms with van der Waals surface area (Å²) in [6.45, 7) is 3.89. The number of aromatic nitrogens is 2. The van der Waals surface area contributed by atoms with Crippen LogP contribution in [0.1, 0.15) is 46.8 Å². The van der Waals surface area contributed by atoms with Crippen molar-refractivity contribution in [2.24, 2.45) is 0 Å². The summed E-state index contributed by atoms with van der Waals surface area (Å²) >= 11 is 0. The van der Waals surface area contributed by atoms with Crippen molar-refractivity contribution < 1.29 is 9.18 Å². The van der Waals surface area contributed by atoms with E-state index in [1.807, 2.05) is 36.9 Å². The van der Waals surface area contributed by atoms with Crippen LogP contribution in [0.3, 0.4) is 0 Å². The molecule has 1 aliphatic carbocycles. The molecule has 5 rings (SSSR count). The third kappa shape index (κ3) is 3.38. The number of hydrogen-bond donors (Lipinski definition) is 0. The lowest BCUT2D eigenvalue weighted by molar-refractivity contribution is 0.0754. The van der Waals surface area contributed by atoms with Crippen molar-refractivity contribution in [3.63, 3.8) is 0 Å². The van der Waals surface area contributed by atoms with Gasteiger partial charge in [-0.3, -0.25) is 9.78 Å². The predicted octanol–water partition coefficient (Wildman–Crippen LogP) is 5.53. The van der Waals surface area contributed by atoms with E-state index in [0.717, 1.165) is 23.7 Å². The first-order chi connectivity index (χ1) is 15.4. The van der Waals surface area contributed by atoms with Crippen LogP contribution in [0.25, 0.3) is 16.6 Å². The molecule has 0 fully saturated rings. The number of rotatable bonds is 4. The van der Waals surface area contributed by atoms with Gasteiger partial charge in [-0.2, -0.15) is 0 Å². The molecule has 2 heterocycles. The summed E-state index contributed by atoms with van der Waals surface area (Å²) in [6.07, 6.45) is 7.72. The summed E-state index contributed by atoms with van der Waals surface area (Å²) < 4.78 is 16.2. The Labute approximate surface area is 187 Å². The highest BCUT2D eigenvalue weighted by Crippen LogP contribution is 2.39. The first-order valence-corrected chi connectivity index (χ1v) is 11.0. The molecule has 0 spiro atoms. The van der Waals surface area contributed by atoms with E-state index in [4.69, 9.17) is 0 Å². The number of amides is 1. The van der Waals surface area contributed by atoms with Crippen molar-refractivity contribution in [3.05, 3.63) is 95.2 Å². The maximum absolute atomic E-state index is 14.2. The third-order valence-electron chi connectivity index (χ3n) is 6.67. The molecule has 0 saturated carbocycles. The van der Waals surface area contributed by atoms with E-state index in [2.05, 4.69) is 35.4 Å². The van der Waals surface area contributed by atoms with Gasteiger partial charge in [0.05, 0.1) is 23.0 Å². The standard InChI is InChI=1S/C27H26FN3O/c1-17(2)30(3)27(32)23-14-21(28)8-9-25(23)31-16-24(22-10-11-29-15-26(22)31)20-12-18-6-4-5-7-19(18)13-20/h4-11,14-17,20H,12-13H2,1-3H3. The minimum atomic E-state index is -0.421. The molecular weight excluding hydrogens is 401 g/mol. The topological polar surface area (TPSA) is 38.1 Å². The Morgan fingerprint density at radius 1 is 1.12 bits per heavy atom. The SMILES string of the molecule is CC(C)N(C)C(=O)c1cc(F)ccc1-n1cc(C2Cc3ccccc3C2)c2ccncc21. The van der Waals surface area contributed by atoms with E-state index in [1.165, 1.54) is 28.8 Å². The smallest absolute Gasteiger partial charge is 0.256 e. The molecule has 0 N–H and O–H groups in total. The lowest BCUT2D eigenvalue weighted by atomic mass is 9.96. The zero-order chi connectivity index (χ0) is 22.4. The maximum atomic E-state index is 14.2. The molecule has 162 valence electrons. The fraction of sp³-hybridized carbons (Fsp3) is 0.259. The normalized spacial score (nSPS) is 13.7. The number of hydrogen-bond acceptors (Lipinski definition) is 2. The van der Waals surface area contributed by atoms with Crippen LogP contribution >= 0.6 is 0 Å². The Kier molecular flexibility index (Phi) is 5.04. The van der Waals surface area contributed by atoms with E-state index < -0.39 is 5.82 Å². The average molecular weight is 428 g/mol. The van der Waals surface area contributed by atoms with Crippen LogP contribution in [0, 0.1) is 5.82 Å². The van der Waals surface area contributed by atoms with Crippen molar-refractivity contribution in [2.45, 2.75) is 38.6 Å². The summed E-state index contributed by atoms with van der Waals surface area (Å²) in [4.78, 5) is 19.2. The predicted molar refractivity (Wildman–Crippen MR) is 125 cm³/mol. The molecule has 0 bridgehead atoms. The van der Waals surface area contributed by atoms with E-state index >= 15 is 0 Å². The number of carbonyl (C=O) groups excluding carboxylic acids is 1.